The van der Waals surface area contributed by atoms with Gasteiger partial charge in [-0.3, -0.25) is 0 Å². The smallest absolute Gasteiger partial charge is 0.123 e. The summed E-state index contributed by atoms with van der Waals surface area (Å²) in [6.07, 6.45) is 2.23. The van der Waals surface area contributed by atoms with Crippen LogP contribution in [0.15, 0.2) is 24.3 Å². The fourth-order valence-corrected chi connectivity index (χ4v) is 1.49. The normalized spacial score (nSPS) is 10.9. The van der Waals surface area contributed by atoms with E-state index in [1.807, 2.05) is 6.07 Å². The molecule has 0 unspecified atom stereocenters. The summed E-state index contributed by atoms with van der Waals surface area (Å²) >= 11 is 0. The molecule has 2 heteroatoms. The van der Waals surface area contributed by atoms with Crippen LogP contribution in [0.3, 0.4) is 0 Å². The Kier molecular flexibility index (Phi) is 4.60. The first kappa shape index (κ1) is 11.2. The average Bonchev–Trinajstić information content (AvgIpc) is 2.19. The molecule has 1 rings (SSSR count). The van der Waals surface area contributed by atoms with Crippen molar-refractivity contribution in [2.75, 3.05) is 0 Å². The fourth-order valence-electron chi connectivity index (χ4n) is 1.49. The minimum atomic E-state index is -0.158. The van der Waals surface area contributed by atoms with E-state index >= 15 is 0 Å². The van der Waals surface area contributed by atoms with Crippen molar-refractivity contribution in [3.63, 3.8) is 0 Å². The highest BCUT2D eigenvalue weighted by Gasteiger charge is 2.02. The van der Waals surface area contributed by atoms with Crippen LogP contribution in [0.5, 0.6) is 0 Å². The van der Waals surface area contributed by atoms with Crippen LogP contribution in [-0.4, -0.2) is 6.04 Å². The van der Waals surface area contributed by atoms with Crippen molar-refractivity contribution in [2.45, 2.75) is 39.3 Å². The van der Waals surface area contributed by atoms with Gasteiger partial charge in [0.2, 0.25) is 0 Å². The van der Waals surface area contributed by atoms with Crippen LogP contribution < -0.4 is 5.32 Å². The summed E-state index contributed by atoms with van der Waals surface area (Å²) < 4.78 is 12.8. The lowest BCUT2D eigenvalue weighted by atomic mass is 10.1. The van der Waals surface area contributed by atoms with E-state index in [2.05, 4.69) is 19.2 Å². The molecule has 0 aliphatic rings. The predicted molar refractivity (Wildman–Crippen MR) is 57.6 cm³/mol. The summed E-state index contributed by atoms with van der Waals surface area (Å²) in [4.78, 5) is 0. The van der Waals surface area contributed by atoms with Gasteiger partial charge in [-0.05, 0) is 30.5 Å². The molecule has 0 aliphatic carbocycles. The predicted octanol–water partition coefficient (Wildman–Crippen LogP) is 3.10. The lowest BCUT2D eigenvalue weighted by Crippen LogP contribution is -2.26. The first-order valence-electron chi connectivity index (χ1n) is 5.24. The third-order valence-electron chi connectivity index (χ3n) is 2.47. The van der Waals surface area contributed by atoms with Gasteiger partial charge in [0.25, 0.3) is 0 Å². The maximum atomic E-state index is 12.8. The van der Waals surface area contributed by atoms with Gasteiger partial charge in [-0.15, -0.1) is 0 Å². The number of hydrogen-bond donors (Lipinski definition) is 1. The SMILES string of the molecule is CCC(CC)NCc1cccc(F)c1. The highest BCUT2D eigenvalue weighted by atomic mass is 19.1. The van der Waals surface area contributed by atoms with Crippen molar-refractivity contribution < 1.29 is 4.39 Å². The molecule has 0 fully saturated rings. The first-order chi connectivity index (χ1) is 6.76. The van der Waals surface area contributed by atoms with Crippen LogP contribution in [0, 0.1) is 5.82 Å². The molecule has 1 aromatic rings. The minimum absolute atomic E-state index is 0.158. The summed E-state index contributed by atoms with van der Waals surface area (Å²) in [7, 11) is 0. The third-order valence-corrected chi connectivity index (χ3v) is 2.47. The first-order valence-corrected chi connectivity index (χ1v) is 5.24. The Morgan fingerprint density at radius 2 is 2.00 bits per heavy atom. The minimum Gasteiger partial charge on any atom is -0.310 e. The lowest BCUT2D eigenvalue weighted by Gasteiger charge is -2.14. The Morgan fingerprint density at radius 1 is 1.29 bits per heavy atom. The van der Waals surface area contributed by atoms with Gasteiger partial charge < -0.3 is 5.32 Å². The summed E-state index contributed by atoms with van der Waals surface area (Å²) in [6, 6.07) is 7.28. The quantitative estimate of drug-likeness (QED) is 0.761. The van der Waals surface area contributed by atoms with Gasteiger partial charge in [0, 0.05) is 12.6 Å². The zero-order chi connectivity index (χ0) is 10.4. The van der Waals surface area contributed by atoms with Crippen LogP contribution in [0.2, 0.25) is 0 Å². The van der Waals surface area contributed by atoms with E-state index in [1.54, 1.807) is 12.1 Å². The summed E-state index contributed by atoms with van der Waals surface area (Å²) in [5.74, 6) is -0.158. The molecule has 0 radical (unpaired) electrons. The Balaban J connectivity index is 2.44. The van der Waals surface area contributed by atoms with Crippen LogP contribution in [-0.2, 0) is 6.54 Å². The van der Waals surface area contributed by atoms with Crippen LogP contribution in [0.25, 0.3) is 0 Å². The highest BCUT2D eigenvalue weighted by molar-refractivity contribution is 5.16. The number of benzene rings is 1. The molecule has 0 aromatic heterocycles. The van der Waals surface area contributed by atoms with E-state index in [0.29, 0.717) is 6.04 Å². The largest absolute Gasteiger partial charge is 0.310 e. The maximum absolute atomic E-state index is 12.8. The standard InChI is InChI=1S/C12H18FN/c1-3-12(4-2)14-9-10-6-5-7-11(13)8-10/h5-8,12,14H,3-4,9H2,1-2H3. The Morgan fingerprint density at radius 3 is 2.57 bits per heavy atom. The number of rotatable bonds is 5. The molecular weight excluding hydrogens is 177 g/mol. The van der Waals surface area contributed by atoms with Crippen LogP contribution in [0.4, 0.5) is 4.39 Å². The molecule has 0 saturated heterocycles. The van der Waals surface area contributed by atoms with Gasteiger partial charge in [0.1, 0.15) is 5.82 Å². The summed E-state index contributed by atoms with van der Waals surface area (Å²) in [5.41, 5.74) is 1.01. The van der Waals surface area contributed by atoms with E-state index in [9.17, 15) is 4.39 Å². The van der Waals surface area contributed by atoms with Crippen molar-refractivity contribution in [3.8, 4) is 0 Å². The van der Waals surface area contributed by atoms with Gasteiger partial charge in [-0.2, -0.15) is 0 Å². The van der Waals surface area contributed by atoms with E-state index < -0.39 is 0 Å². The number of halogens is 1. The van der Waals surface area contributed by atoms with Crippen molar-refractivity contribution >= 4 is 0 Å². The van der Waals surface area contributed by atoms with Crippen molar-refractivity contribution in [2.24, 2.45) is 0 Å². The highest BCUT2D eigenvalue weighted by Crippen LogP contribution is 2.04. The van der Waals surface area contributed by atoms with Crippen molar-refractivity contribution in [1.82, 2.24) is 5.32 Å². The molecule has 14 heavy (non-hydrogen) atoms. The van der Waals surface area contributed by atoms with Crippen LogP contribution in [0.1, 0.15) is 32.3 Å². The Labute approximate surface area is 85.3 Å². The fraction of sp³-hybridized carbons (Fsp3) is 0.500. The average molecular weight is 195 g/mol. The monoisotopic (exact) mass is 195 g/mol. The molecule has 0 spiro atoms. The molecule has 1 N–H and O–H groups in total. The maximum Gasteiger partial charge on any atom is 0.123 e. The van der Waals surface area contributed by atoms with Crippen molar-refractivity contribution in [1.29, 1.82) is 0 Å². The molecule has 1 nitrogen and oxygen atoms in total. The van der Waals surface area contributed by atoms with E-state index in [-0.39, 0.29) is 5.82 Å². The molecule has 1 aromatic carbocycles. The second-order valence-corrected chi connectivity index (χ2v) is 3.52. The molecule has 0 saturated carbocycles. The zero-order valence-corrected chi connectivity index (χ0v) is 8.89. The van der Waals surface area contributed by atoms with E-state index in [1.165, 1.54) is 6.07 Å². The third kappa shape index (κ3) is 3.46. The zero-order valence-electron chi connectivity index (χ0n) is 8.89. The molecular formula is C12H18FN. The second kappa shape index (κ2) is 5.76. The molecule has 0 aliphatic heterocycles. The molecule has 0 bridgehead atoms. The number of hydrogen-bond acceptors (Lipinski definition) is 1. The van der Waals surface area contributed by atoms with Gasteiger partial charge in [-0.1, -0.05) is 26.0 Å². The van der Waals surface area contributed by atoms with Crippen LogP contribution >= 0.6 is 0 Å². The summed E-state index contributed by atoms with van der Waals surface area (Å²) in [5, 5.41) is 3.40. The topological polar surface area (TPSA) is 12.0 Å². The second-order valence-electron chi connectivity index (χ2n) is 3.52. The van der Waals surface area contributed by atoms with Gasteiger partial charge in [0.05, 0.1) is 0 Å². The van der Waals surface area contributed by atoms with Gasteiger partial charge in [0.15, 0.2) is 0 Å². The molecule has 0 heterocycles. The van der Waals surface area contributed by atoms with Gasteiger partial charge >= 0.3 is 0 Å². The summed E-state index contributed by atoms with van der Waals surface area (Å²) in [6.45, 7) is 5.07. The molecule has 78 valence electrons. The van der Waals surface area contributed by atoms with Crippen molar-refractivity contribution in [3.05, 3.63) is 35.6 Å². The Bertz CT molecular complexity index is 269. The molecule has 0 amide bonds. The van der Waals surface area contributed by atoms with Gasteiger partial charge in [-0.25, -0.2) is 4.39 Å². The number of nitrogens with one attached hydrogen (secondary N) is 1. The van der Waals surface area contributed by atoms with E-state index in [4.69, 9.17) is 0 Å². The molecule has 0 atom stereocenters. The van der Waals surface area contributed by atoms with E-state index in [0.717, 1.165) is 24.9 Å². The lowest BCUT2D eigenvalue weighted by molar-refractivity contribution is 0.483. The Hall–Kier alpha value is -0.890.